The van der Waals surface area contributed by atoms with Crippen molar-refractivity contribution in [2.45, 2.75) is 52.1 Å². The van der Waals surface area contributed by atoms with Crippen LogP contribution in [0.2, 0.25) is 0 Å². The first-order chi connectivity index (χ1) is 13.5. The SMILES string of the molecule is C=C(C)Cn1c(C(=O)N2CCN(C(=O)C3CCCC3)[C@@H](C)C2)cc2ccoc21. The lowest BCUT2D eigenvalue weighted by molar-refractivity contribution is -0.139. The van der Waals surface area contributed by atoms with Crippen LogP contribution in [0.3, 0.4) is 0 Å². The van der Waals surface area contributed by atoms with Crippen molar-refractivity contribution in [1.82, 2.24) is 14.4 Å². The summed E-state index contributed by atoms with van der Waals surface area (Å²) in [5.74, 6) is 0.456. The molecule has 6 heteroatoms. The van der Waals surface area contributed by atoms with Gasteiger partial charge in [-0.15, -0.1) is 0 Å². The third-order valence-electron chi connectivity index (χ3n) is 6.05. The number of fused-ring (bicyclic) bond motifs is 1. The zero-order chi connectivity index (χ0) is 19.8. The average Bonchev–Trinajstić information content (AvgIpc) is 3.39. The van der Waals surface area contributed by atoms with Crippen LogP contribution in [0.25, 0.3) is 11.1 Å². The van der Waals surface area contributed by atoms with Crippen molar-refractivity contribution in [1.29, 1.82) is 0 Å². The highest BCUT2D eigenvalue weighted by molar-refractivity contribution is 5.98. The van der Waals surface area contributed by atoms with Gasteiger partial charge in [-0.3, -0.25) is 9.59 Å². The zero-order valence-electron chi connectivity index (χ0n) is 16.8. The molecule has 28 heavy (non-hydrogen) atoms. The maximum Gasteiger partial charge on any atom is 0.270 e. The molecule has 1 aliphatic carbocycles. The number of hydrogen-bond donors (Lipinski definition) is 0. The highest BCUT2D eigenvalue weighted by Crippen LogP contribution is 2.29. The topological polar surface area (TPSA) is 58.7 Å². The van der Waals surface area contributed by atoms with E-state index in [0.29, 0.717) is 37.6 Å². The second-order valence-corrected chi connectivity index (χ2v) is 8.37. The predicted octanol–water partition coefficient (Wildman–Crippen LogP) is 3.67. The van der Waals surface area contributed by atoms with Crippen LogP contribution in [0.15, 0.2) is 35.0 Å². The fourth-order valence-electron chi connectivity index (χ4n) is 4.62. The Morgan fingerprint density at radius 1 is 1.25 bits per heavy atom. The summed E-state index contributed by atoms with van der Waals surface area (Å²) in [5.41, 5.74) is 2.29. The van der Waals surface area contributed by atoms with E-state index in [2.05, 4.69) is 6.58 Å². The Balaban J connectivity index is 1.50. The van der Waals surface area contributed by atoms with Gasteiger partial charge in [0, 0.05) is 43.5 Å². The quantitative estimate of drug-likeness (QED) is 0.757. The molecular formula is C22H29N3O3. The van der Waals surface area contributed by atoms with Gasteiger partial charge in [-0.2, -0.15) is 0 Å². The third kappa shape index (κ3) is 3.36. The minimum atomic E-state index is -0.00698. The highest BCUT2D eigenvalue weighted by atomic mass is 16.3. The fraction of sp³-hybridized carbons (Fsp3) is 0.545. The second kappa shape index (κ2) is 7.49. The van der Waals surface area contributed by atoms with Crippen molar-refractivity contribution in [2.24, 2.45) is 5.92 Å². The number of aromatic nitrogens is 1. The van der Waals surface area contributed by atoms with Gasteiger partial charge in [0.1, 0.15) is 5.69 Å². The molecule has 1 saturated carbocycles. The van der Waals surface area contributed by atoms with Crippen molar-refractivity contribution in [2.75, 3.05) is 19.6 Å². The first-order valence-electron chi connectivity index (χ1n) is 10.3. The van der Waals surface area contributed by atoms with Crippen LogP contribution in [-0.4, -0.2) is 51.9 Å². The first kappa shape index (κ1) is 18.8. The molecule has 0 N–H and O–H groups in total. The average molecular weight is 383 g/mol. The lowest BCUT2D eigenvalue weighted by Gasteiger charge is -2.41. The van der Waals surface area contributed by atoms with Crippen molar-refractivity contribution in [3.05, 3.63) is 36.2 Å². The summed E-state index contributed by atoms with van der Waals surface area (Å²) >= 11 is 0. The van der Waals surface area contributed by atoms with E-state index < -0.39 is 0 Å². The Hall–Kier alpha value is -2.50. The van der Waals surface area contributed by atoms with E-state index >= 15 is 0 Å². The molecule has 2 aromatic rings. The summed E-state index contributed by atoms with van der Waals surface area (Å²) in [5, 5.41) is 0.924. The van der Waals surface area contributed by atoms with E-state index in [4.69, 9.17) is 4.42 Å². The van der Waals surface area contributed by atoms with Gasteiger partial charge in [-0.05, 0) is 38.8 Å². The van der Waals surface area contributed by atoms with E-state index in [0.717, 1.165) is 36.6 Å². The molecule has 0 aromatic carbocycles. The maximum atomic E-state index is 13.3. The smallest absolute Gasteiger partial charge is 0.270 e. The molecule has 2 fully saturated rings. The van der Waals surface area contributed by atoms with Gasteiger partial charge < -0.3 is 18.8 Å². The molecule has 6 nitrogen and oxygen atoms in total. The first-order valence-corrected chi connectivity index (χ1v) is 10.3. The maximum absolute atomic E-state index is 13.3. The number of hydrogen-bond acceptors (Lipinski definition) is 3. The molecular weight excluding hydrogens is 354 g/mol. The molecule has 0 unspecified atom stereocenters. The van der Waals surface area contributed by atoms with E-state index in [9.17, 15) is 9.59 Å². The molecule has 3 heterocycles. The number of piperazine rings is 1. The summed E-state index contributed by atoms with van der Waals surface area (Å²) in [6, 6.07) is 3.81. The van der Waals surface area contributed by atoms with Crippen molar-refractivity contribution in [3.63, 3.8) is 0 Å². The Kier molecular flexibility index (Phi) is 5.04. The van der Waals surface area contributed by atoms with Crippen LogP contribution < -0.4 is 0 Å². The van der Waals surface area contributed by atoms with Gasteiger partial charge in [0.15, 0.2) is 0 Å². The van der Waals surface area contributed by atoms with Crippen molar-refractivity contribution >= 4 is 22.9 Å². The van der Waals surface area contributed by atoms with E-state index in [1.165, 1.54) is 0 Å². The van der Waals surface area contributed by atoms with Gasteiger partial charge in [-0.25, -0.2) is 0 Å². The number of carbonyl (C=O) groups excluding carboxylic acids is 2. The number of carbonyl (C=O) groups is 2. The molecule has 1 atom stereocenters. The molecule has 4 rings (SSSR count). The highest BCUT2D eigenvalue weighted by Gasteiger charge is 2.35. The lowest BCUT2D eigenvalue weighted by atomic mass is 10.0. The van der Waals surface area contributed by atoms with Crippen LogP contribution in [-0.2, 0) is 11.3 Å². The van der Waals surface area contributed by atoms with Gasteiger partial charge in [0.25, 0.3) is 5.91 Å². The molecule has 1 saturated heterocycles. The van der Waals surface area contributed by atoms with E-state index in [1.54, 1.807) is 6.26 Å². The summed E-state index contributed by atoms with van der Waals surface area (Å²) in [7, 11) is 0. The number of allylic oxidation sites excluding steroid dienone is 1. The summed E-state index contributed by atoms with van der Waals surface area (Å²) in [6.07, 6.45) is 5.98. The number of nitrogens with zero attached hydrogens (tertiary/aromatic N) is 3. The Labute approximate surface area is 165 Å². The molecule has 150 valence electrons. The Bertz CT molecular complexity index is 903. The minimum Gasteiger partial charge on any atom is -0.448 e. The van der Waals surface area contributed by atoms with Gasteiger partial charge in [0.05, 0.1) is 6.26 Å². The lowest BCUT2D eigenvalue weighted by Crippen LogP contribution is -2.56. The van der Waals surface area contributed by atoms with E-state index in [1.807, 2.05) is 40.3 Å². The summed E-state index contributed by atoms with van der Waals surface area (Å²) in [4.78, 5) is 29.9. The summed E-state index contributed by atoms with van der Waals surface area (Å²) < 4.78 is 7.50. The Morgan fingerprint density at radius 3 is 2.68 bits per heavy atom. The van der Waals surface area contributed by atoms with Crippen molar-refractivity contribution in [3.8, 4) is 0 Å². The van der Waals surface area contributed by atoms with Crippen molar-refractivity contribution < 1.29 is 14.0 Å². The van der Waals surface area contributed by atoms with Crippen LogP contribution in [0.4, 0.5) is 0 Å². The molecule has 1 aliphatic heterocycles. The number of furan rings is 1. The minimum absolute atomic E-state index is 0.00698. The largest absolute Gasteiger partial charge is 0.448 e. The predicted molar refractivity (Wildman–Crippen MR) is 108 cm³/mol. The molecule has 2 aromatic heterocycles. The monoisotopic (exact) mass is 383 g/mol. The summed E-state index contributed by atoms with van der Waals surface area (Å²) in [6.45, 7) is 10.3. The second-order valence-electron chi connectivity index (χ2n) is 8.37. The fourth-order valence-corrected chi connectivity index (χ4v) is 4.62. The molecule has 0 radical (unpaired) electrons. The zero-order valence-corrected chi connectivity index (χ0v) is 16.8. The van der Waals surface area contributed by atoms with Gasteiger partial charge in [-0.1, -0.05) is 25.0 Å². The van der Waals surface area contributed by atoms with Crippen LogP contribution >= 0.6 is 0 Å². The molecule has 2 aliphatic rings. The number of rotatable bonds is 4. The van der Waals surface area contributed by atoms with Gasteiger partial charge >= 0.3 is 0 Å². The normalized spacial score (nSPS) is 20.9. The standard InChI is InChI=1S/C22H29N3O3/c1-15(2)13-25-19(12-18-8-11-28-22(18)25)21(27)23-9-10-24(16(3)14-23)20(26)17-6-4-5-7-17/h8,11-12,16-17H,1,4-7,9-10,13-14H2,2-3H3/t16-/m0/s1. The Morgan fingerprint density at radius 2 is 2.00 bits per heavy atom. The molecule has 2 amide bonds. The van der Waals surface area contributed by atoms with Crippen LogP contribution in [0.5, 0.6) is 0 Å². The number of amides is 2. The van der Waals surface area contributed by atoms with Crippen LogP contribution in [0, 0.1) is 5.92 Å². The third-order valence-corrected chi connectivity index (χ3v) is 6.05. The van der Waals surface area contributed by atoms with Crippen LogP contribution in [0.1, 0.15) is 50.0 Å². The molecule has 0 spiro atoms. The van der Waals surface area contributed by atoms with E-state index in [-0.39, 0.29) is 23.8 Å². The molecule has 0 bridgehead atoms. The van der Waals surface area contributed by atoms with Gasteiger partial charge in [0.2, 0.25) is 11.6 Å².